The van der Waals surface area contributed by atoms with Crippen molar-refractivity contribution in [2.75, 3.05) is 30.4 Å². The van der Waals surface area contributed by atoms with Crippen LogP contribution in [0, 0.1) is 10.1 Å². The Bertz CT molecular complexity index is 773. The summed E-state index contributed by atoms with van der Waals surface area (Å²) in [4.78, 5) is 13.0. The minimum absolute atomic E-state index is 0.0818. The van der Waals surface area contributed by atoms with Crippen LogP contribution in [0.3, 0.4) is 0 Å². The second-order valence-corrected chi connectivity index (χ2v) is 6.34. The standard InChI is InChI=1S/C19H23N3O4/c1-26-19-5-3-2-4-16(19)20-15-8-10-21(11-9-15)18-12-14(13-23)6-7-17(18)22(24)25/h2-7,12,15,20,23H,8-11,13H2,1H3. The minimum atomic E-state index is -0.365. The summed E-state index contributed by atoms with van der Waals surface area (Å²) in [6, 6.07) is 12.9. The molecule has 2 aromatic carbocycles. The van der Waals surface area contributed by atoms with Crippen molar-refractivity contribution in [3.05, 3.63) is 58.1 Å². The fraction of sp³-hybridized carbons (Fsp3) is 0.368. The molecule has 1 aliphatic rings. The molecule has 0 saturated carbocycles. The minimum Gasteiger partial charge on any atom is -0.495 e. The first kappa shape index (κ1) is 18.0. The number of nitro groups is 1. The summed E-state index contributed by atoms with van der Waals surface area (Å²) in [5.74, 6) is 0.807. The second kappa shape index (κ2) is 8.05. The summed E-state index contributed by atoms with van der Waals surface area (Å²) in [6.45, 7) is 1.29. The summed E-state index contributed by atoms with van der Waals surface area (Å²) >= 11 is 0. The van der Waals surface area contributed by atoms with Crippen molar-refractivity contribution in [2.24, 2.45) is 0 Å². The number of aliphatic hydroxyl groups is 1. The average molecular weight is 357 g/mol. The lowest BCUT2D eigenvalue weighted by molar-refractivity contribution is -0.384. The molecule has 0 atom stereocenters. The van der Waals surface area contributed by atoms with Crippen LogP contribution in [0.2, 0.25) is 0 Å². The molecule has 138 valence electrons. The van der Waals surface area contributed by atoms with Crippen molar-refractivity contribution in [3.63, 3.8) is 0 Å². The van der Waals surface area contributed by atoms with E-state index in [1.165, 1.54) is 6.07 Å². The van der Waals surface area contributed by atoms with Crippen molar-refractivity contribution in [3.8, 4) is 5.75 Å². The van der Waals surface area contributed by atoms with E-state index in [0.29, 0.717) is 24.3 Å². The van der Waals surface area contributed by atoms with Crippen molar-refractivity contribution in [2.45, 2.75) is 25.5 Å². The van der Waals surface area contributed by atoms with Crippen molar-refractivity contribution in [1.29, 1.82) is 0 Å². The van der Waals surface area contributed by atoms with E-state index in [2.05, 4.69) is 5.32 Å². The zero-order chi connectivity index (χ0) is 18.5. The third-order valence-corrected chi connectivity index (χ3v) is 4.72. The highest BCUT2D eigenvalue weighted by Gasteiger charge is 2.25. The van der Waals surface area contributed by atoms with Gasteiger partial charge >= 0.3 is 0 Å². The molecule has 7 heteroatoms. The van der Waals surface area contributed by atoms with Gasteiger partial charge in [-0.25, -0.2) is 0 Å². The lowest BCUT2D eigenvalue weighted by Crippen LogP contribution is -2.39. The molecule has 0 bridgehead atoms. The Hall–Kier alpha value is -2.80. The first-order valence-corrected chi connectivity index (χ1v) is 8.65. The number of ether oxygens (including phenoxy) is 1. The number of methoxy groups -OCH3 is 1. The highest BCUT2D eigenvalue weighted by Crippen LogP contribution is 2.32. The Morgan fingerprint density at radius 3 is 2.65 bits per heavy atom. The number of nitrogens with one attached hydrogen (secondary N) is 1. The molecule has 1 saturated heterocycles. The van der Waals surface area contributed by atoms with E-state index in [-0.39, 0.29) is 23.3 Å². The van der Waals surface area contributed by atoms with E-state index >= 15 is 0 Å². The van der Waals surface area contributed by atoms with Crippen LogP contribution >= 0.6 is 0 Å². The number of hydrogen-bond donors (Lipinski definition) is 2. The quantitative estimate of drug-likeness (QED) is 0.610. The zero-order valence-corrected chi connectivity index (χ0v) is 14.7. The molecule has 0 aromatic heterocycles. The molecule has 26 heavy (non-hydrogen) atoms. The lowest BCUT2D eigenvalue weighted by Gasteiger charge is -2.34. The van der Waals surface area contributed by atoms with Crippen LogP contribution in [0.15, 0.2) is 42.5 Å². The van der Waals surface area contributed by atoms with Crippen LogP contribution in [-0.4, -0.2) is 36.3 Å². The smallest absolute Gasteiger partial charge is 0.292 e. The maximum absolute atomic E-state index is 11.3. The molecule has 1 heterocycles. The molecular formula is C19H23N3O4. The van der Waals surface area contributed by atoms with Gasteiger partial charge in [-0.2, -0.15) is 0 Å². The summed E-state index contributed by atoms with van der Waals surface area (Å²) < 4.78 is 5.37. The molecule has 0 amide bonds. The van der Waals surface area contributed by atoms with Gasteiger partial charge in [-0.05, 0) is 42.7 Å². The fourth-order valence-corrected chi connectivity index (χ4v) is 3.32. The van der Waals surface area contributed by atoms with Gasteiger partial charge in [-0.3, -0.25) is 10.1 Å². The number of anilines is 2. The number of aliphatic hydroxyl groups excluding tert-OH is 1. The molecule has 0 aliphatic carbocycles. The maximum atomic E-state index is 11.3. The van der Waals surface area contributed by atoms with Crippen molar-refractivity contribution in [1.82, 2.24) is 0 Å². The monoisotopic (exact) mass is 357 g/mol. The number of rotatable bonds is 6. The van der Waals surface area contributed by atoms with Crippen LogP contribution in [0.1, 0.15) is 18.4 Å². The Morgan fingerprint density at radius 2 is 2.00 bits per heavy atom. The average Bonchev–Trinajstić information content (AvgIpc) is 2.68. The summed E-state index contributed by atoms with van der Waals surface area (Å²) in [6.07, 6.45) is 1.72. The number of nitro benzene ring substituents is 1. The summed E-state index contributed by atoms with van der Waals surface area (Å²) in [5, 5.41) is 24.2. The van der Waals surface area contributed by atoms with E-state index in [0.717, 1.165) is 24.3 Å². The van der Waals surface area contributed by atoms with Crippen LogP contribution in [0.4, 0.5) is 17.1 Å². The number of hydrogen-bond acceptors (Lipinski definition) is 6. The van der Waals surface area contributed by atoms with Crippen molar-refractivity contribution < 1.29 is 14.8 Å². The number of nitrogens with zero attached hydrogens (tertiary/aromatic N) is 2. The lowest BCUT2D eigenvalue weighted by atomic mass is 10.0. The zero-order valence-electron chi connectivity index (χ0n) is 14.7. The summed E-state index contributed by atoms with van der Waals surface area (Å²) in [7, 11) is 1.65. The molecule has 0 spiro atoms. The van der Waals surface area contributed by atoms with Crippen LogP contribution in [-0.2, 0) is 6.61 Å². The van der Waals surface area contributed by atoms with Gasteiger partial charge in [-0.15, -0.1) is 0 Å². The first-order chi connectivity index (χ1) is 12.6. The number of piperidine rings is 1. The van der Waals surface area contributed by atoms with Gasteiger partial charge in [0.15, 0.2) is 0 Å². The predicted octanol–water partition coefficient (Wildman–Crippen LogP) is 3.18. The Morgan fingerprint density at radius 1 is 1.27 bits per heavy atom. The maximum Gasteiger partial charge on any atom is 0.292 e. The third-order valence-electron chi connectivity index (χ3n) is 4.72. The van der Waals surface area contributed by atoms with E-state index in [1.807, 2.05) is 29.2 Å². The summed E-state index contributed by atoms with van der Waals surface area (Å²) in [5.41, 5.74) is 2.30. The molecule has 2 aromatic rings. The molecule has 3 rings (SSSR count). The van der Waals surface area contributed by atoms with Gasteiger partial charge in [-0.1, -0.05) is 12.1 Å². The molecule has 0 radical (unpaired) electrons. The Balaban J connectivity index is 1.70. The number of para-hydroxylation sites is 2. The number of benzene rings is 2. The van der Waals surface area contributed by atoms with E-state index in [4.69, 9.17) is 4.74 Å². The fourth-order valence-electron chi connectivity index (χ4n) is 3.32. The molecule has 1 fully saturated rings. The first-order valence-electron chi connectivity index (χ1n) is 8.65. The van der Waals surface area contributed by atoms with E-state index < -0.39 is 0 Å². The van der Waals surface area contributed by atoms with E-state index in [9.17, 15) is 15.2 Å². The molecular weight excluding hydrogens is 334 g/mol. The van der Waals surface area contributed by atoms with Crippen molar-refractivity contribution >= 4 is 17.1 Å². The van der Waals surface area contributed by atoms with Gasteiger partial charge < -0.3 is 20.1 Å². The largest absolute Gasteiger partial charge is 0.495 e. The predicted molar refractivity (Wildman–Crippen MR) is 101 cm³/mol. The molecule has 2 N–H and O–H groups in total. The third kappa shape index (κ3) is 3.88. The van der Waals surface area contributed by atoms with Gasteiger partial charge in [0.2, 0.25) is 0 Å². The normalized spacial score (nSPS) is 14.9. The van der Waals surface area contributed by atoms with Gasteiger partial charge in [0.25, 0.3) is 5.69 Å². The molecule has 0 unspecified atom stereocenters. The molecule has 7 nitrogen and oxygen atoms in total. The highest BCUT2D eigenvalue weighted by molar-refractivity contribution is 5.65. The van der Waals surface area contributed by atoms with Crippen LogP contribution in [0.25, 0.3) is 0 Å². The highest BCUT2D eigenvalue weighted by atomic mass is 16.6. The topological polar surface area (TPSA) is 87.9 Å². The van der Waals surface area contributed by atoms with Crippen LogP contribution in [0.5, 0.6) is 5.75 Å². The Kier molecular flexibility index (Phi) is 5.58. The Labute approximate surface area is 152 Å². The SMILES string of the molecule is COc1ccccc1NC1CCN(c2cc(CO)ccc2[N+](=O)[O-])CC1. The van der Waals surface area contributed by atoms with Crippen LogP contribution < -0.4 is 15.0 Å². The second-order valence-electron chi connectivity index (χ2n) is 6.34. The molecule has 1 aliphatic heterocycles. The van der Waals surface area contributed by atoms with Gasteiger partial charge in [0.1, 0.15) is 11.4 Å². The van der Waals surface area contributed by atoms with Gasteiger partial charge in [0.05, 0.1) is 24.3 Å². The van der Waals surface area contributed by atoms with Gasteiger partial charge in [0, 0.05) is 25.2 Å². The van der Waals surface area contributed by atoms with E-state index in [1.54, 1.807) is 19.2 Å².